The normalized spacial score (nSPS) is 10.1. The van der Waals surface area contributed by atoms with Gasteiger partial charge < -0.3 is 14.9 Å². The van der Waals surface area contributed by atoms with E-state index in [9.17, 15) is 10.2 Å². The molecule has 0 amide bonds. The largest absolute Gasteiger partial charge is 0.508 e. The first kappa shape index (κ1) is 11.1. The van der Waals surface area contributed by atoms with E-state index in [0.29, 0.717) is 15.1 Å². The molecule has 2 aromatic rings. The Morgan fingerprint density at radius 3 is 2.50 bits per heavy atom. The molecular weight excluding hydrogens is 319 g/mol. The van der Waals surface area contributed by atoms with Gasteiger partial charge in [0.15, 0.2) is 0 Å². The molecule has 0 saturated carbocycles. The van der Waals surface area contributed by atoms with Crippen molar-refractivity contribution in [1.29, 1.82) is 0 Å². The van der Waals surface area contributed by atoms with Crippen LogP contribution in [0.15, 0.2) is 42.5 Å². The maximum Gasteiger partial charge on any atom is 0.144 e. The van der Waals surface area contributed by atoms with Gasteiger partial charge in [-0.1, -0.05) is 12.1 Å². The Bertz CT molecular complexity index is 511. The van der Waals surface area contributed by atoms with Crippen LogP contribution in [0.3, 0.4) is 0 Å². The Kier molecular flexibility index (Phi) is 3.19. The summed E-state index contributed by atoms with van der Waals surface area (Å²) in [4.78, 5) is 0. The molecule has 0 bridgehead atoms. The van der Waals surface area contributed by atoms with Gasteiger partial charge in [-0.05, 0) is 46.9 Å². The van der Waals surface area contributed by atoms with Crippen molar-refractivity contribution in [2.75, 3.05) is 0 Å². The number of benzene rings is 2. The van der Waals surface area contributed by atoms with E-state index in [2.05, 4.69) is 0 Å². The van der Waals surface area contributed by atoms with Crippen LogP contribution in [-0.2, 0) is 0 Å². The Morgan fingerprint density at radius 1 is 1.00 bits per heavy atom. The summed E-state index contributed by atoms with van der Waals surface area (Å²) in [6.45, 7) is 0. The Balaban J connectivity index is 2.31. The van der Waals surface area contributed by atoms with Crippen LogP contribution >= 0.6 is 22.6 Å². The van der Waals surface area contributed by atoms with Crippen molar-refractivity contribution in [3.05, 3.63) is 46.0 Å². The Hall–Kier alpha value is -1.43. The topological polar surface area (TPSA) is 49.7 Å². The summed E-state index contributed by atoms with van der Waals surface area (Å²) in [7, 11) is 0. The monoisotopic (exact) mass is 328 g/mol. The van der Waals surface area contributed by atoms with Crippen molar-refractivity contribution < 1.29 is 14.9 Å². The third kappa shape index (κ3) is 2.38. The summed E-state index contributed by atoms with van der Waals surface area (Å²) in [5.41, 5.74) is 0. The molecule has 0 saturated heterocycles. The number of aromatic hydroxyl groups is 2. The highest BCUT2D eigenvalue weighted by molar-refractivity contribution is 14.1. The summed E-state index contributed by atoms with van der Waals surface area (Å²) in [6.07, 6.45) is 0. The lowest BCUT2D eigenvalue weighted by Crippen LogP contribution is -1.87. The standard InChI is InChI=1S/C12H9IO3/c13-12-10(15)5-2-6-11(12)16-9-4-1-3-8(14)7-9/h1-7,14-15H. The molecule has 0 aliphatic rings. The van der Waals surface area contributed by atoms with Gasteiger partial charge in [0.05, 0.1) is 3.57 Å². The van der Waals surface area contributed by atoms with Crippen LogP contribution in [0.25, 0.3) is 0 Å². The first-order chi connectivity index (χ1) is 7.66. The molecule has 82 valence electrons. The molecular formula is C12H9IO3. The molecule has 0 fully saturated rings. The third-order valence-corrected chi connectivity index (χ3v) is 3.07. The van der Waals surface area contributed by atoms with E-state index in [1.54, 1.807) is 36.4 Å². The second-order valence-corrected chi connectivity index (χ2v) is 4.27. The van der Waals surface area contributed by atoms with E-state index in [4.69, 9.17) is 4.74 Å². The number of ether oxygens (including phenoxy) is 1. The minimum atomic E-state index is 0.146. The maximum atomic E-state index is 9.50. The first-order valence-electron chi connectivity index (χ1n) is 4.61. The fourth-order valence-corrected chi connectivity index (χ4v) is 1.72. The fourth-order valence-electron chi connectivity index (χ4n) is 1.25. The van der Waals surface area contributed by atoms with E-state index in [1.165, 1.54) is 6.07 Å². The minimum absolute atomic E-state index is 0.146. The zero-order chi connectivity index (χ0) is 11.5. The molecule has 3 nitrogen and oxygen atoms in total. The molecule has 0 radical (unpaired) electrons. The van der Waals surface area contributed by atoms with E-state index in [0.717, 1.165) is 0 Å². The zero-order valence-corrected chi connectivity index (χ0v) is 10.4. The molecule has 0 aromatic heterocycles. The molecule has 0 aliphatic heterocycles. The molecule has 0 unspecified atom stereocenters. The molecule has 4 heteroatoms. The molecule has 0 heterocycles. The molecule has 2 rings (SSSR count). The van der Waals surface area contributed by atoms with Gasteiger partial charge in [-0.3, -0.25) is 0 Å². The number of halogens is 1. The van der Waals surface area contributed by atoms with Crippen LogP contribution < -0.4 is 4.74 Å². The van der Waals surface area contributed by atoms with Gasteiger partial charge in [-0.15, -0.1) is 0 Å². The first-order valence-corrected chi connectivity index (χ1v) is 5.69. The second kappa shape index (κ2) is 4.61. The van der Waals surface area contributed by atoms with Gasteiger partial charge in [0.1, 0.15) is 23.0 Å². The van der Waals surface area contributed by atoms with Crippen LogP contribution in [0.2, 0.25) is 0 Å². The summed E-state index contributed by atoms with van der Waals surface area (Å²) >= 11 is 2.00. The van der Waals surface area contributed by atoms with Gasteiger partial charge in [0, 0.05) is 6.07 Å². The van der Waals surface area contributed by atoms with Gasteiger partial charge in [-0.2, -0.15) is 0 Å². The fraction of sp³-hybridized carbons (Fsp3) is 0. The second-order valence-electron chi connectivity index (χ2n) is 3.19. The third-order valence-electron chi connectivity index (χ3n) is 1.99. The number of hydrogen-bond acceptors (Lipinski definition) is 3. The summed E-state index contributed by atoms with van der Waals surface area (Å²) in [5, 5.41) is 18.8. The number of rotatable bonds is 2. The van der Waals surface area contributed by atoms with Crippen molar-refractivity contribution in [1.82, 2.24) is 0 Å². The van der Waals surface area contributed by atoms with Gasteiger partial charge in [0.25, 0.3) is 0 Å². The lowest BCUT2D eigenvalue weighted by atomic mass is 10.3. The van der Waals surface area contributed by atoms with E-state index in [1.807, 2.05) is 22.6 Å². The van der Waals surface area contributed by atoms with Crippen LogP contribution in [-0.4, -0.2) is 10.2 Å². The molecule has 0 atom stereocenters. The molecule has 2 aromatic carbocycles. The van der Waals surface area contributed by atoms with Crippen LogP contribution in [0.1, 0.15) is 0 Å². The predicted molar refractivity (Wildman–Crippen MR) is 69.0 cm³/mol. The molecule has 0 aliphatic carbocycles. The van der Waals surface area contributed by atoms with Crippen LogP contribution in [0.4, 0.5) is 0 Å². The quantitative estimate of drug-likeness (QED) is 0.830. The summed E-state index contributed by atoms with van der Waals surface area (Å²) in [6, 6.07) is 11.6. The minimum Gasteiger partial charge on any atom is -0.508 e. The lowest BCUT2D eigenvalue weighted by molar-refractivity contribution is 0.441. The van der Waals surface area contributed by atoms with Crippen molar-refractivity contribution in [2.45, 2.75) is 0 Å². The zero-order valence-electron chi connectivity index (χ0n) is 8.22. The van der Waals surface area contributed by atoms with Crippen molar-refractivity contribution in [3.63, 3.8) is 0 Å². The van der Waals surface area contributed by atoms with Gasteiger partial charge in [0.2, 0.25) is 0 Å². The van der Waals surface area contributed by atoms with E-state index in [-0.39, 0.29) is 11.5 Å². The van der Waals surface area contributed by atoms with Crippen LogP contribution in [0, 0.1) is 3.57 Å². The number of phenols is 2. The molecule has 2 N–H and O–H groups in total. The number of hydrogen-bond donors (Lipinski definition) is 2. The summed E-state index contributed by atoms with van der Waals surface area (Å²) in [5.74, 6) is 1.42. The maximum absolute atomic E-state index is 9.50. The summed E-state index contributed by atoms with van der Waals surface area (Å²) < 4.78 is 6.19. The van der Waals surface area contributed by atoms with E-state index < -0.39 is 0 Å². The smallest absolute Gasteiger partial charge is 0.144 e. The van der Waals surface area contributed by atoms with E-state index >= 15 is 0 Å². The van der Waals surface area contributed by atoms with Crippen LogP contribution in [0.5, 0.6) is 23.0 Å². The molecule has 0 spiro atoms. The van der Waals surface area contributed by atoms with Crippen molar-refractivity contribution in [3.8, 4) is 23.0 Å². The average molecular weight is 328 g/mol. The van der Waals surface area contributed by atoms with Gasteiger partial charge >= 0.3 is 0 Å². The highest BCUT2D eigenvalue weighted by Gasteiger charge is 2.06. The highest BCUT2D eigenvalue weighted by atomic mass is 127. The SMILES string of the molecule is Oc1cccc(Oc2cccc(O)c2I)c1. The number of phenolic OH excluding ortho intramolecular Hbond substituents is 2. The van der Waals surface area contributed by atoms with Gasteiger partial charge in [-0.25, -0.2) is 0 Å². The lowest BCUT2D eigenvalue weighted by Gasteiger charge is -2.08. The predicted octanol–water partition coefficient (Wildman–Crippen LogP) is 3.49. The molecule has 16 heavy (non-hydrogen) atoms. The van der Waals surface area contributed by atoms with Crippen molar-refractivity contribution in [2.24, 2.45) is 0 Å². The van der Waals surface area contributed by atoms with Crippen molar-refractivity contribution >= 4 is 22.6 Å². The Morgan fingerprint density at radius 2 is 1.75 bits per heavy atom. The highest BCUT2D eigenvalue weighted by Crippen LogP contribution is 2.33. The average Bonchev–Trinajstić information content (AvgIpc) is 2.25. The Labute approximate surface area is 106 Å².